The SMILES string of the molecule is COc1cccc2c(CC(=O)N3CCCC(C)C3)c[nH]c12. The first-order valence-electron chi connectivity index (χ1n) is 7.59. The summed E-state index contributed by atoms with van der Waals surface area (Å²) in [6, 6.07) is 5.93. The van der Waals surface area contributed by atoms with Crippen LogP contribution in [0.15, 0.2) is 24.4 Å². The Morgan fingerprint density at radius 3 is 3.10 bits per heavy atom. The number of aromatic amines is 1. The molecule has 2 aromatic rings. The average Bonchev–Trinajstić information content (AvgIpc) is 2.90. The van der Waals surface area contributed by atoms with Crippen LogP contribution < -0.4 is 4.74 Å². The Hall–Kier alpha value is -1.97. The molecule has 21 heavy (non-hydrogen) atoms. The summed E-state index contributed by atoms with van der Waals surface area (Å²) < 4.78 is 5.35. The third-order valence-electron chi connectivity index (χ3n) is 4.33. The number of aromatic nitrogens is 1. The minimum atomic E-state index is 0.227. The van der Waals surface area contributed by atoms with Crippen molar-refractivity contribution in [1.29, 1.82) is 0 Å². The maximum absolute atomic E-state index is 12.5. The highest BCUT2D eigenvalue weighted by Crippen LogP contribution is 2.27. The van der Waals surface area contributed by atoms with Crippen LogP contribution in [0.25, 0.3) is 10.9 Å². The number of hydrogen-bond acceptors (Lipinski definition) is 2. The second-order valence-electron chi connectivity index (χ2n) is 5.96. The number of benzene rings is 1. The van der Waals surface area contributed by atoms with E-state index in [1.165, 1.54) is 6.42 Å². The van der Waals surface area contributed by atoms with E-state index in [4.69, 9.17) is 4.74 Å². The van der Waals surface area contributed by atoms with Gasteiger partial charge in [-0.2, -0.15) is 0 Å². The predicted octanol–water partition coefficient (Wildman–Crippen LogP) is 2.98. The van der Waals surface area contributed by atoms with Crippen LogP contribution >= 0.6 is 0 Å². The molecule has 0 aliphatic carbocycles. The van der Waals surface area contributed by atoms with E-state index < -0.39 is 0 Å². The molecule has 112 valence electrons. The van der Waals surface area contributed by atoms with Crippen LogP contribution in [0.5, 0.6) is 5.75 Å². The molecule has 1 N–H and O–H groups in total. The van der Waals surface area contributed by atoms with Crippen molar-refractivity contribution in [3.63, 3.8) is 0 Å². The highest BCUT2D eigenvalue weighted by atomic mass is 16.5. The normalized spacial score (nSPS) is 19.0. The summed E-state index contributed by atoms with van der Waals surface area (Å²) in [4.78, 5) is 17.7. The Morgan fingerprint density at radius 1 is 1.48 bits per heavy atom. The van der Waals surface area contributed by atoms with Crippen LogP contribution in [-0.4, -0.2) is 36.0 Å². The predicted molar refractivity (Wildman–Crippen MR) is 83.5 cm³/mol. The first-order chi connectivity index (χ1) is 10.2. The molecule has 0 bridgehead atoms. The van der Waals surface area contributed by atoms with E-state index in [0.717, 1.165) is 41.7 Å². The number of hydrogen-bond donors (Lipinski definition) is 1. The second-order valence-corrected chi connectivity index (χ2v) is 5.96. The van der Waals surface area contributed by atoms with E-state index in [9.17, 15) is 4.79 Å². The van der Waals surface area contributed by atoms with Crippen molar-refractivity contribution in [2.24, 2.45) is 5.92 Å². The summed E-state index contributed by atoms with van der Waals surface area (Å²) in [5.74, 6) is 1.66. The van der Waals surface area contributed by atoms with Crippen LogP contribution in [0.4, 0.5) is 0 Å². The lowest BCUT2D eigenvalue weighted by Gasteiger charge is -2.31. The number of carbonyl (C=O) groups excluding carboxylic acids is 1. The third-order valence-corrected chi connectivity index (χ3v) is 4.33. The van der Waals surface area contributed by atoms with Gasteiger partial charge in [0.25, 0.3) is 0 Å². The smallest absolute Gasteiger partial charge is 0.227 e. The molecule has 1 amide bonds. The highest BCUT2D eigenvalue weighted by Gasteiger charge is 2.22. The largest absolute Gasteiger partial charge is 0.495 e. The Balaban J connectivity index is 1.80. The quantitative estimate of drug-likeness (QED) is 0.943. The monoisotopic (exact) mass is 286 g/mol. The van der Waals surface area contributed by atoms with Crippen molar-refractivity contribution in [3.8, 4) is 5.75 Å². The van der Waals surface area contributed by atoms with Gasteiger partial charge in [0.15, 0.2) is 0 Å². The Labute approximate surface area is 125 Å². The van der Waals surface area contributed by atoms with Gasteiger partial charge in [-0.05, 0) is 30.4 Å². The van der Waals surface area contributed by atoms with E-state index in [1.54, 1.807) is 7.11 Å². The van der Waals surface area contributed by atoms with Gasteiger partial charge in [0.2, 0.25) is 5.91 Å². The summed E-state index contributed by atoms with van der Waals surface area (Å²) >= 11 is 0. The molecule has 1 atom stereocenters. The molecule has 0 saturated carbocycles. The molecule has 0 radical (unpaired) electrons. The number of fused-ring (bicyclic) bond motifs is 1. The van der Waals surface area contributed by atoms with Crippen molar-refractivity contribution < 1.29 is 9.53 Å². The fraction of sp³-hybridized carbons (Fsp3) is 0.471. The fourth-order valence-electron chi connectivity index (χ4n) is 3.19. The molecule has 0 spiro atoms. The lowest BCUT2D eigenvalue weighted by Crippen LogP contribution is -2.39. The fourth-order valence-corrected chi connectivity index (χ4v) is 3.19. The Kier molecular flexibility index (Phi) is 3.86. The zero-order valence-electron chi connectivity index (χ0n) is 12.7. The third kappa shape index (κ3) is 2.75. The minimum absolute atomic E-state index is 0.227. The minimum Gasteiger partial charge on any atom is -0.495 e. The summed E-state index contributed by atoms with van der Waals surface area (Å²) in [5.41, 5.74) is 2.02. The van der Waals surface area contributed by atoms with E-state index in [1.807, 2.05) is 29.3 Å². The van der Waals surface area contributed by atoms with E-state index >= 15 is 0 Å². The van der Waals surface area contributed by atoms with Crippen molar-refractivity contribution >= 4 is 16.8 Å². The number of nitrogens with one attached hydrogen (secondary N) is 1. The Bertz CT molecular complexity index is 647. The van der Waals surface area contributed by atoms with Gasteiger partial charge in [0.05, 0.1) is 19.0 Å². The molecule has 1 aromatic carbocycles. The molecular weight excluding hydrogens is 264 g/mol. The van der Waals surface area contributed by atoms with Crippen molar-refractivity contribution in [1.82, 2.24) is 9.88 Å². The number of likely N-dealkylation sites (tertiary alicyclic amines) is 1. The van der Waals surface area contributed by atoms with Crippen LogP contribution in [0.3, 0.4) is 0 Å². The zero-order valence-corrected chi connectivity index (χ0v) is 12.7. The van der Waals surface area contributed by atoms with Crippen molar-refractivity contribution in [2.75, 3.05) is 20.2 Å². The van der Waals surface area contributed by atoms with Gasteiger partial charge in [-0.15, -0.1) is 0 Å². The summed E-state index contributed by atoms with van der Waals surface area (Å²) in [6.45, 7) is 4.01. The molecule has 2 heterocycles. The molecular formula is C17H22N2O2. The average molecular weight is 286 g/mol. The highest BCUT2D eigenvalue weighted by molar-refractivity contribution is 5.92. The lowest BCUT2D eigenvalue weighted by atomic mass is 9.99. The number of methoxy groups -OCH3 is 1. The summed E-state index contributed by atoms with van der Waals surface area (Å²) in [6.07, 6.45) is 4.74. The van der Waals surface area contributed by atoms with Crippen LogP contribution in [0, 0.1) is 5.92 Å². The second kappa shape index (κ2) is 5.80. The number of ether oxygens (including phenoxy) is 1. The van der Waals surface area contributed by atoms with E-state index in [2.05, 4.69) is 11.9 Å². The van der Waals surface area contributed by atoms with Crippen molar-refractivity contribution in [3.05, 3.63) is 30.0 Å². The maximum atomic E-state index is 12.5. The standard InChI is InChI=1S/C17H22N2O2/c1-12-5-4-8-19(11-12)16(20)9-13-10-18-17-14(13)6-3-7-15(17)21-2/h3,6-7,10,12,18H,4-5,8-9,11H2,1-2H3. The van der Waals surface area contributed by atoms with Gasteiger partial charge < -0.3 is 14.6 Å². The van der Waals surface area contributed by atoms with Gasteiger partial charge in [-0.25, -0.2) is 0 Å². The lowest BCUT2D eigenvalue weighted by molar-refractivity contribution is -0.132. The Morgan fingerprint density at radius 2 is 2.33 bits per heavy atom. The first-order valence-corrected chi connectivity index (χ1v) is 7.59. The molecule has 4 heteroatoms. The first kappa shape index (κ1) is 14.0. The van der Waals surface area contributed by atoms with Crippen LogP contribution in [0.1, 0.15) is 25.3 Å². The number of amides is 1. The molecule has 1 aliphatic heterocycles. The number of nitrogens with zero attached hydrogens (tertiary/aromatic N) is 1. The topological polar surface area (TPSA) is 45.3 Å². The molecule has 1 saturated heterocycles. The van der Waals surface area contributed by atoms with Crippen LogP contribution in [-0.2, 0) is 11.2 Å². The maximum Gasteiger partial charge on any atom is 0.227 e. The van der Waals surface area contributed by atoms with Gasteiger partial charge in [0, 0.05) is 24.7 Å². The van der Waals surface area contributed by atoms with Gasteiger partial charge in [-0.1, -0.05) is 19.1 Å². The van der Waals surface area contributed by atoms with Gasteiger partial charge in [-0.3, -0.25) is 4.79 Å². The number of rotatable bonds is 3. The van der Waals surface area contributed by atoms with E-state index in [0.29, 0.717) is 12.3 Å². The summed E-state index contributed by atoms with van der Waals surface area (Å²) in [5, 5.41) is 1.08. The molecule has 3 rings (SSSR count). The van der Waals surface area contributed by atoms with Crippen molar-refractivity contribution in [2.45, 2.75) is 26.2 Å². The number of H-pyrrole nitrogens is 1. The molecule has 1 aliphatic rings. The van der Waals surface area contributed by atoms with Gasteiger partial charge >= 0.3 is 0 Å². The molecule has 1 aromatic heterocycles. The van der Waals surface area contributed by atoms with Crippen LogP contribution in [0.2, 0.25) is 0 Å². The molecule has 4 nitrogen and oxygen atoms in total. The zero-order chi connectivity index (χ0) is 14.8. The molecule has 1 unspecified atom stereocenters. The summed E-state index contributed by atoms with van der Waals surface area (Å²) in [7, 11) is 1.66. The van der Waals surface area contributed by atoms with Gasteiger partial charge in [0.1, 0.15) is 5.75 Å². The molecule has 1 fully saturated rings. The number of para-hydroxylation sites is 1. The van der Waals surface area contributed by atoms with E-state index in [-0.39, 0.29) is 5.91 Å². The number of carbonyl (C=O) groups is 1. The number of piperidine rings is 1.